The van der Waals surface area contributed by atoms with Crippen molar-refractivity contribution in [3.8, 4) is 5.88 Å². The van der Waals surface area contributed by atoms with Gasteiger partial charge in [-0.1, -0.05) is 11.6 Å². The number of pyridine rings is 1. The number of piperidine rings is 1. The third-order valence-corrected chi connectivity index (χ3v) is 2.80. The molecule has 92 valence electrons. The van der Waals surface area contributed by atoms with E-state index in [2.05, 4.69) is 10.3 Å². The van der Waals surface area contributed by atoms with Gasteiger partial charge in [0.2, 0.25) is 5.88 Å². The molecule has 1 N–H and O–H groups in total. The van der Waals surface area contributed by atoms with Crippen LogP contribution in [0, 0.1) is 10.1 Å². The van der Waals surface area contributed by atoms with Gasteiger partial charge in [0.05, 0.1) is 4.92 Å². The molecule has 0 spiro atoms. The summed E-state index contributed by atoms with van der Waals surface area (Å²) in [4.78, 5) is 13.8. The summed E-state index contributed by atoms with van der Waals surface area (Å²) in [5.74, 6) is 0.256. The third kappa shape index (κ3) is 3.04. The van der Waals surface area contributed by atoms with Gasteiger partial charge in [-0.05, 0) is 19.4 Å². The van der Waals surface area contributed by atoms with Gasteiger partial charge in [-0.2, -0.15) is 0 Å². The van der Waals surface area contributed by atoms with Crippen LogP contribution in [0.1, 0.15) is 12.8 Å². The van der Waals surface area contributed by atoms with Crippen molar-refractivity contribution >= 4 is 17.3 Å². The largest absolute Gasteiger partial charge is 0.472 e. The van der Waals surface area contributed by atoms with Crippen LogP contribution in [0.3, 0.4) is 0 Å². The Kier molecular flexibility index (Phi) is 3.75. The highest BCUT2D eigenvalue weighted by Crippen LogP contribution is 2.27. The number of rotatable bonds is 3. The SMILES string of the molecule is O=[N+]([O-])c1cnc(O[C@H]2CCCNC2)c(Cl)c1. The van der Waals surface area contributed by atoms with Gasteiger partial charge in [-0.3, -0.25) is 10.1 Å². The van der Waals surface area contributed by atoms with Gasteiger partial charge in [-0.25, -0.2) is 4.98 Å². The number of nitrogens with zero attached hydrogens (tertiary/aromatic N) is 2. The Morgan fingerprint density at radius 1 is 1.65 bits per heavy atom. The maximum Gasteiger partial charge on any atom is 0.289 e. The van der Waals surface area contributed by atoms with Gasteiger partial charge < -0.3 is 10.1 Å². The first kappa shape index (κ1) is 12.1. The van der Waals surface area contributed by atoms with Crippen molar-refractivity contribution in [3.05, 3.63) is 27.4 Å². The van der Waals surface area contributed by atoms with Gasteiger partial charge in [0.25, 0.3) is 5.69 Å². The van der Waals surface area contributed by atoms with Crippen LogP contribution in [0.5, 0.6) is 5.88 Å². The fourth-order valence-electron chi connectivity index (χ4n) is 1.68. The highest BCUT2D eigenvalue weighted by atomic mass is 35.5. The van der Waals surface area contributed by atoms with Gasteiger partial charge in [0, 0.05) is 12.6 Å². The summed E-state index contributed by atoms with van der Waals surface area (Å²) in [6.45, 7) is 1.73. The Labute approximate surface area is 103 Å². The maximum atomic E-state index is 10.5. The van der Waals surface area contributed by atoms with Gasteiger partial charge >= 0.3 is 0 Å². The van der Waals surface area contributed by atoms with Crippen LogP contribution in [0.2, 0.25) is 5.02 Å². The van der Waals surface area contributed by atoms with E-state index in [-0.39, 0.29) is 22.7 Å². The van der Waals surface area contributed by atoms with Crippen molar-refractivity contribution in [1.82, 2.24) is 10.3 Å². The fraction of sp³-hybridized carbons (Fsp3) is 0.500. The lowest BCUT2D eigenvalue weighted by molar-refractivity contribution is -0.385. The highest BCUT2D eigenvalue weighted by molar-refractivity contribution is 6.32. The third-order valence-electron chi connectivity index (χ3n) is 2.53. The monoisotopic (exact) mass is 257 g/mol. The fourth-order valence-corrected chi connectivity index (χ4v) is 1.89. The average Bonchev–Trinajstić information content (AvgIpc) is 2.33. The number of aromatic nitrogens is 1. The molecule has 0 radical (unpaired) electrons. The first-order valence-corrected chi connectivity index (χ1v) is 5.72. The standard InChI is InChI=1S/C10H12ClN3O3/c11-9-4-7(14(15)16)5-13-10(9)17-8-2-1-3-12-6-8/h4-5,8,12H,1-3,6H2/t8-/m0/s1. The molecule has 0 aliphatic carbocycles. The molecule has 0 amide bonds. The number of nitrogens with one attached hydrogen (secondary N) is 1. The normalized spacial score (nSPS) is 19.9. The number of hydrogen-bond donors (Lipinski definition) is 1. The first-order chi connectivity index (χ1) is 8.16. The summed E-state index contributed by atoms with van der Waals surface area (Å²) < 4.78 is 5.59. The smallest absolute Gasteiger partial charge is 0.289 e. The zero-order valence-electron chi connectivity index (χ0n) is 9.06. The van der Waals surface area contributed by atoms with E-state index in [1.54, 1.807) is 0 Å². The molecule has 0 bridgehead atoms. The Morgan fingerprint density at radius 2 is 2.47 bits per heavy atom. The zero-order chi connectivity index (χ0) is 12.3. The van der Waals surface area contributed by atoms with Crippen molar-refractivity contribution < 1.29 is 9.66 Å². The molecule has 2 heterocycles. The quantitative estimate of drug-likeness (QED) is 0.660. The second-order valence-electron chi connectivity index (χ2n) is 3.82. The molecule has 1 fully saturated rings. The molecule has 0 aromatic carbocycles. The number of halogens is 1. The van der Waals surface area contributed by atoms with E-state index in [1.165, 1.54) is 6.07 Å². The predicted octanol–water partition coefficient (Wildman–Crippen LogP) is 1.77. The minimum absolute atomic E-state index is 0.0233. The Morgan fingerprint density at radius 3 is 3.06 bits per heavy atom. The molecule has 0 saturated carbocycles. The van der Waals surface area contributed by atoms with Crippen LogP contribution >= 0.6 is 11.6 Å². The van der Waals surface area contributed by atoms with Crippen LogP contribution in [0.25, 0.3) is 0 Å². The second kappa shape index (κ2) is 5.29. The summed E-state index contributed by atoms with van der Waals surface area (Å²) in [7, 11) is 0. The molecule has 0 unspecified atom stereocenters. The molecular weight excluding hydrogens is 246 g/mol. The molecule has 7 heteroatoms. The first-order valence-electron chi connectivity index (χ1n) is 5.34. The van der Waals surface area contributed by atoms with E-state index in [0.29, 0.717) is 0 Å². The summed E-state index contributed by atoms with van der Waals surface area (Å²) in [5.41, 5.74) is -0.135. The van der Waals surface area contributed by atoms with Gasteiger partial charge in [0.1, 0.15) is 17.3 Å². The topological polar surface area (TPSA) is 77.3 Å². The number of hydrogen-bond acceptors (Lipinski definition) is 5. The maximum absolute atomic E-state index is 10.5. The van der Waals surface area contributed by atoms with Crippen molar-refractivity contribution in [2.75, 3.05) is 13.1 Å². The molecule has 1 saturated heterocycles. The summed E-state index contributed by atoms with van der Waals surface area (Å²) >= 11 is 5.88. The summed E-state index contributed by atoms with van der Waals surface area (Å²) in [6.07, 6.45) is 3.14. The molecule has 1 aliphatic heterocycles. The van der Waals surface area contributed by atoms with E-state index in [9.17, 15) is 10.1 Å². The van der Waals surface area contributed by atoms with Crippen molar-refractivity contribution in [2.24, 2.45) is 0 Å². The molecule has 1 atom stereocenters. The predicted molar refractivity (Wildman–Crippen MR) is 62.4 cm³/mol. The molecular formula is C10H12ClN3O3. The van der Waals surface area contributed by atoms with Crippen molar-refractivity contribution in [1.29, 1.82) is 0 Å². The second-order valence-corrected chi connectivity index (χ2v) is 4.23. The summed E-state index contributed by atoms with van der Waals surface area (Å²) in [5, 5.41) is 13.9. The lowest BCUT2D eigenvalue weighted by Gasteiger charge is -2.23. The Hall–Kier alpha value is -1.40. The van der Waals surface area contributed by atoms with Crippen molar-refractivity contribution in [2.45, 2.75) is 18.9 Å². The average molecular weight is 258 g/mol. The van der Waals surface area contributed by atoms with Crippen LogP contribution < -0.4 is 10.1 Å². The molecule has 17 heavy (non-hydrogen) atoms. The Bertz CT molecular complexity index is 421. The van der Waals surface area contributed by atoms with Crippen LogP contribution in [0.15, 0.2) is 12.3 Å². The zero-order valence-corrected chi connectivity index (χ0v) is 9.81. The van der Waals surface area contributed by atoms with E-state index in [0.717, 1.165) is 32.1 Å². The molecule has 1 aromatic rings. The van der Waals surface area contributed by atoms with Crippen molar-refractivity contribution in [3.63, 3.8) is 0 Å². The lowest BCUT2D eigenvalue weighted by atomic mass is 10.1. The lowest BCUT2D eigenvalue weighted by Crippen LogP contribution is -2.37. The van der Waals surface area contributed by atoms with Crippen LogP contribution in [-0.2, 0) is 0 Å². The van der Waals surface area contributed by atoms with Gasteiger partial charge in [-0.15, -0.1) is 0 Å². The molecule has 2 rings (SSSR count). The highest BCUT2D eigenvalue weighted by Gasteiger charge is 2.18. The minimum Gasteiger partial charge on any atom is -0.472 e. The van der Waals surface area contributed by atoms with E-state index >= 15 is 0 Å². The molecule has 1 aliphatic rings. The van der Waals surface area contributed by atoms with Crippen LogP contribution in [0.4, 0.5) is 5.69 Å². The van der Waals surface area contributed by atoms with Crippen LogP contribution in [-0.4, -0.2) is 29.1 Å². The van der Waals surface area contributed by atoms with E-state index < -0.39 is 4.92 Å². The molecule has 1 aromatic heterocycles. The Balaban J connectivity index is 2.08. The van der Waals surface area contributed by atoms with E-state index in [1.807, 2.05) is 0 Å². The number of ether oxygens (including phenoxy) is 1. The van der Waals surface area contributed by atoms with Gasteiger partial charge in [0.15, 0.2) is 0 Å². The number of nitro groups is 1. The van der Waals surface area contributed by atoms with E-state index in [4.69, 9.17) is 16.3 Å². The molecule has 6 nitrogen and oxygen atoms in total. The minimum atomic E-state index is -0.537. The summed E-state index contributed by atoms with van der Waals surface area (Å²) in [6, 6.07) is 1.25.